The van der Waals surface area contributed by atoms with Crippen LogP contribution in [0.25, 0.3) is 0 Å². The van der Waals surface area contributed by atoms with E-state index in [0.29, 0.717) is 11.7 Å². The van der Waals surface area contributed by atoms with Crippen LogP contribution in [0.5, 0.6) is 5.75 Å². The van der Waals surface area contributed by atoms with Crippen LogP contribution in [0.15, 0.2) is 24.3 Å². The van der Waals surface area contributed by atoms with Gasteiger partial charge in [-0.3, -0.25) is 4.79 Å². The molecule has 0 aromatic heterocycles. The van der Waals surface area contributed by atoms with Crippen LogP contribution in [-0.4, -0.2) is 12.9 Å². The predicted octanol–water partition coefficient (Wildman–Crippen LogP) is 3.56. The summed E-state index contributed by atoms with van der Waals surface area (Å²) in [6.45, 7) is 2.19. The number of hydrogen-bond acceptors (Lipinski definition) is 2. The molecule has 0 spiro atoms. The predicted molar refractivity (Wildman–Crippen MR) is 68.4 cm³/mol. The highest BCUT2D eigenvalue weighted by atomic mass is 16.5. The first-order chi connectivity index (χ1) is 8.26. The lowest BCUT2D eigenvalue weighted by molar-refractivity contribution is -0.119. The molecule has 2 rings (SSSR count). The summed E-state index contributed by atoms with van der Waals surface area (Å²) in [6.07, 6.45) is 4.09. The van der Waals surface area contributed by atoms with Crippen molar-refractivity contribution in [1.29, 1.82) is 0 Å². The summed E-state index contributed by atoms with van der Waals surface area (Å²) in [5.41, 5.74) is 1.13. The lowest BCUT2D eigenvalue weighted by Crippen LogP contribution is -2.12. The second-order valence-corrected chi connectivity index (χ2v) is 4.81. The minimum absolute atomic E-state index is 0.102. The molecule has 1 aromatic carbocycles. The van der Waals surface area contributed by atoms with E-state index < -0.39 is 0 Å². The fourth-order valence-corrected chi connectivity index (χ4v) is 2.89. The third-order valence-electron chi connectivity index (χ3n) is 3.69. The van der Waals surface area contributed by atoms with E-state index in [1.807, 2.05) is 18.2 Å². The van der Waals surface area contributed by atoms with Crippen molar-refractivity contribution in [2.45, 2.75) is 38.5 Å². The van der Waals surface area contributed by atoms with Gasteiger partial charge >= 0.3 is 0 Å². The minimum atomic E-state index is 0.102. The maximum Gasteiger partial charge on any atom is 0.140 e. The van der Waals surface area contributed by atoms with Gasteiger partial charge in [0.05, 0.1) is 7.11 Å². The van der Waals surface area contributed by atoms with Crippen LogP contribution in [0.3, 0.4) is 0 Å². The van der Waals surface area contributed by atoms with E-state index in [2.05, 4.69) is 13.0 Å². The highest BCUT2D eigenvalue weighted by Crippen LogP contribution is 2.40. The summed E-state index contributed by atoms with van der Waals surface area (Å²) in [4.78, 5) is 12.0. The molecule has 2 nitrogen and oxygen atoms in total. The Labute approximate surface area is 103 Å². The van der Waals surface area contributed by atoms with Gasteiger partial charge in [-0.05, 0) is 36.5 Å². The zero-order valence-corrected chi connectivity index (χ0v) is 10.6. The van der Waals surface area contributed by atoms with Crippen molar-refractivity contribution >= 4 is 5.78 Å². The van der Waals surface area contributed by atoms with Gasteiger partial charge in [0.1, 0.15) is 11.5 Å². The van der Waals surface area contributed by atoms with Crippen LogP contribution in [0.4, 0.5) is 0 Å². The summed E-state index contributed by atoms with van der Waals surface area (Å²) in [5, 5.41) is 0. The average Bonchev–Trinajstić information content (AvgIpc) is 2.71. The zero-order valence-electron chi connectivity index (χ0n) is 10.6. The van der Waals surface area contributed by atoms with Gasteiger partial charge in [-0.15, -0.1) is 0 Å². The fraction of sp³-hybridized carbons (Fsp3) is 0.533. The molecular weight excluding hydrogens is 212 g/mol. The summed E-state index contributed by atoms with van der Waals surface area (Å²) >= 11 is 0. The summed E-state index contributed by atoms with van der Waals surface area (Å²) in [7, 11) is 1.67. The number of rotatable bonds is 4. The number of carbonyl (C=O) groups excluding carboxylic acids is 1. The molecule has 1 aromatic rings. The number of ketones is 1. The zero-order chi connectivity index (χ0) is 12.3. The maximum atomic E-state index is 12.0. The number of carbonyl (C=O) groups is 1. The highest BCUT2D eigenvalue weighted by molar-refractivity contribution is 5.88. The molecule has 0 N–H and O–H groups in total. The quantitative estimate of drug-likeness (QED) is 0.793. The Balaban J connectivity index is 2.26. The van der Waals surface area contributed by atoms with E-state index >= 15 is 0 Å². The first-order valence-electron chi connectivity index (χ1n) is 6.43. The van der Waals surface area contributed by atoms with E-state index in [4.69, 9.17) is 4.74 Å². The second-order valence-electron chi connectivity index (χ2n) is 4.81. The van der Waals surface area contributed by atoms with E-state index in [9.17, 15) is 4.79 Å². The molecule has 0 amide bonds. The van der Waals surface area contributed by atoms with Crippen LogP contribution in [0.1, 0.15) is 44.1 Å². The van der Waals surface area contributed by atoms with Crippen molar-refractivity contribution in [2.24, 2.45) is 5.92 Å². The lowest BCUT2D eigenvalue weighted by atomic mass is 9.85. The Morgan fingerprint density at radius 3 is 2.94 bits per heavy atom. The molecule has 2 heteroatoms. The van der Waals surface area contributed by atoms with Crippen molar-refractivity contribution in [3.63, 3.8) is 0 Å². The van der Waals surface area contributed by atoms with Crippen LogP contribution >= 0.6 is 0 Å². The number of methoxy groups -OCH3 is 1. The van der Waals surface area contributed by atoms with Gasteiger partial charge in [0, 0.05) is 12.3 Å². The van der Waals surface area contributed by atoms with Gasteiger partial charge < -0.3 is 4.74 Å². The van der Waals surface area contributed by atoms with Crippen LogP contribution < -0.4 is 4.74 Å². The molecule has 1 aliphatic rings. The van der Waals surface area contributed by atoms with Gasteiger partial charge in [-0.1, -0.05) is 25.5 Å². The largest absolute Gasteiger partial charge is 0.497 e. The minimum Gasteiger partial charge on any atom is -0.497 e. The van der Waals surface area contributed by atoms with Gasteiger partial charge in [0.2, 0.25) is 0 Å². The maximum absolute atomic E-state index is 12.0. The Morgan fingerprint density at radius 1 is 1.41 bits per heavy atom. The first-order valence-corrected chi connectivity index (χ1v) is 6.43. The third kappa shape index (κ3) is 2.51. The van der Waals surface area contributed by atoms with Crippen molar-refractivity contribution in [3.8, 4) is 5.75 Å². The van der Waals surface area contributed by atoms with Crippen molar-refractivity contribution in [1.82, 2.24) is 0 Å². The smallest absolute Gasteiger partial charge is 0.140 e. The fourth-order valence-electron chi connectivity index (χ4n) is 2.89. The first kappa shape index (κ1) is 12.2. The lowest BCUT2D eigenvalue weighted by Gasteiger charge is -2.18. The van der Waals surface area contributed by atoms with E-state index in [0.717, 1.165) is 37.0 Å². The van der Waals surface area contributed by atoms with E-state index in [1.54, 1.807) is 7.11 Å². The standard InChI is InChI=1S/C15H20O2/c1-3-5-11-8-9-14(16)15(11)12-6-4-7-13(10-12)17-2/h4,6-7,10-11,15H,3,5,8-9H2,1-2H3/t11-,15-/m0/s1. The summed E-state index contributed by atoms with van der Waals surface area (Å²) < 4.78 is 5.23. The van der Waals surface area contributed by atoms with Crippen molar-refractivity contribution in [3.05, 3.63) is 29.8 Å². The Morgan fingerprint density at radius 2 is 2.24 bits per heavy atom. The molecule has 0 saturated heterocycles. The molecule has 0 radical (unpaired) electrons. The molecule has 92 valence electrons. The second kappa shape index (κ2) is 5.35. The molecule has 1 aliphatic carbocycles. The van der Waals surface area contributed by atoms with Gasteiger partial charge in [-0.2, -0.15) is 0 Å². The highest BCUT2D eigenvalue weighted by Gasteiger charge is 2.35. The Bertz CT molecular complexity index is 398. The number of Topliss-reactive ketones (excluding diaryl/α,β-unsaturated/α-hetero) is 1. The van der Waals surface area contributed by atoms with Crippen molar-refractivity contribution in [2.75, 3.05) is 7.11 Å². The van der Waals surface area contributed by atoms with E-state index in [-0.39, 0.29) is 5.92 Å². The van der Waals surface area contributed by atoms with Crippen molar-refractivity contribution < 1.29 is 9.53 Å². The molecular formula is C15H20O2. The topological polar surface area (TPSA) is 26.3 Å². The Hall–Kier alpha value is -1.31. The summed E-state index contributed by atoms with van der Waals surface area (Å²) in [5.74, 6) is 1.87. The molecule has 1 fully saturated rings. The molecule has 0 bridgehead atoms. The third-order valence-corrected chi connectivity index (χ3v) is 3.69. The molecule has 2 atom stereocenters. The number of ether oxygens (including phenoxy) is 1. The van der Waals surface area contributed by atoms with Gasteiger partial charge in [0.15, 0.2) is 0 Å². The molecule has 0 unspecified atom stereocenters. The van der Waals surface area contributed by atoms with Crippen LogP contribution in [0.2, 0.25) is 0 Å². The van der Waals surface area contributed by atoms with E-state index in [1.165, 1.54) is 0 Å². The molecule has 0 aliphatic heterocycles. The number of hydrogen-bond donors (Lipinski definition) is 0. The van der Waals surface area contributed by atoms with Gasteiger partial charge in [-0.25, -0.2) is 0 Å². The summed E-state index contributed by atoms with van der Waals surface area (Å²) in [6, 6.07) is 7.97. The van der Waals surface area contributed by atoms with Crippen LogP contribution in [0, 0.1) is 5.92 Å². The van der Waals surface area contributed by atoms with Gasteiger partial charge in [0.25, 0.3) is 0 Å². The molecule has 17 heavy (non-hydrogen) atoms. The Kier molecular flexibility index (Phi) is 3.82. The van der Waals surface area contributed by atoms with Crippen LogP contribution in [-0.2, 0) is 4.79 Å². The molecule has 1 saturated carbocycles. The normalized spacial score (nSPS) is 24.0. The SMILES string of the molecule is CCC[C@H]1CCC(=O)[C@@H]1c1cccc(OC)c1. The monoisotopic (exact) mass is 232 g/mol. The average molecular weight is 232 g/mol. The number of benzene rings is 1. The molecule has 0 heterocycles.